The van der Waals surface area contributed by atoms with Gasteiger partial charge in [0.25, 0.3) is 0 Å². The maximum Gasteiger partial charge on any atom is 0.185 e. The van der Waals surface area contributed by atoms with Gasteiger partial charge in [0.1, 0.15) is 0 Å². The number of likely N-dealkylation sites (N-methyl/N-ethyl adjacent to an activating group) is 2. The molecule has 0 radical (unpaired) electrons. The fourth-order valence-electron chi connectivity index (χ4n) is 4.32. The summed E-state index contributed by atoms with van der Waals surface area (Å²) in [4.78, 5) is 17.4. The van der Waals surface area contributed by atoms with Gasteiger partial charge in [-0.05, 0) is 80.7 Å². The van der Waals surface area contributed by atoms with Gasteiger partial charge in [0.2, 0.25) is 0 Å². The van der Waals surface area contributed by atoms with E-state index in [1.54, 1.807) is 0 Å². The molecule has 33 heavy (non-hydrogen) atoms. The molecule has 1 fully saturated rings. The molecular weight excluding hydrogens is 412 g/mol. The van der Waals surface area contributed by atoms with Gasteiger partial charge in [0, 0.05) is 48.7 Å². The van der Waals surface area contributed by atoms with Gasteiger partial charge in [-0.3, -0.25) is 4.79 Å². The average Bonchev–Trinajstić information content (AvgIpc) is 2.84. The van der Waals surface area contributed by atoms with Crippen molar-refractivity contribution in [3.05, 3.63) is 70.8 Å². The number of hydrogen-bond donors (Lipinski definition) is 2. The predicted molar refractivity (Wildman–Crippen MR) is 138 cm³/mol. The van der Waals surface area contributed by atoms with E-state index in [0.29, 0.717) is 13.1 Å². The lowest BCUT2D eigenvalue weighted by Gasteiger charge is -2.22. The first-order valence-corrected chi connectivity index (χ1v) is 12.0. The highest BCUT2D eigenvalue weighted by atomic mass is 16.3. The second-order valence-electron chi connectivity index (χ2n) is 8.31. The van der Waals surface area contributed by atoms with Crippen LogP contribution in [0.5, 0.6) is 0 Å². The Morgan fingerprint density at radius 3 is 1.45 bits per heavy atom. The number of benzene rings is 2. The SMILES string of the molecule is CCN(CCO)c1ccc(/C=C2/CCC/C(=C\c3ccc(N(CC)CCO)cc3)C2=O)cc1. The molecular formula is C28H36N2O3. The molecule has 1 aliphatic rings. The number of rotatable bonds is 10. The standard InChI is InChI=1S/C28H36N2O3/c1-3-29(16-18-31)26-12-8-22(9-13-26)20-24-6-5-7-25(28(24)33)21-23-10-14-27(15-11-23)30(4-2)17-19-32/h8-15,20-21,31-32H,3-7,16-19H2,1-2H3/b24-20-,25-21+. The van der Waals surface area contributed by atoms with Crippen LogP contribution >= 0.6 is 0 Å². The van der Waals surface area contributed by atoms with Crippen molar-refractivity contribution in [2.45, 2.75) is 33.1 Å². The average molecular weight is 449 g/mol. The van der Waals surface area contributed by atoms with Gasteiger partial charge in [-0.15, -0.1) is 0 Å². The van der Waals surface area contributed by atoms with E-state index >= 15 is 0 Å². The Bertz CT molecular complexity index is 884. The summed E-state index contributed by atoms with van der Waals surface area (Å²) in [6.45, 7) is 7.31. The number of carbonyl (C=O) groups is 1. The maximum atomic E-state index is 13.1. The number of allylic oxidation sites excluding steroid dienone is 2. The van der Waals surface area contributed by atoms with Gasteiger partial charge in [0.15, 0.2) is 5.78 Å². The highest BCUT2D eigenvalue weighted by Gasteiger charge is 2.20. The van der Waals surface area contributed by atoms with Crippen LogP contribution < -0.4 is 9.80 Å². The van der Waals surface area contributed by atoms with Crippen molar-refractivity contribution >= 4 is 29.3 Å². The molecule has 1 saturated carbocycles. The van der Waals surface area contributed by atoms with E-state index in [-0.39, 0.29) is 19.0 Å². The predicted octanol–water partition coefficient (Wildman–Crippen LogP) is 4.54. The van der Waals surface area contributed by atoms with E-state index in [4.69, 9.17) is 0 Å². The topological polar surface area (TPSA) is 64.0 Å². The van der Waals surface area contributed by atoms with E-state index < -0.39 is 0 Å². The Balaban J connectivity index is 1.74. The number of nitrogens with zero attached hydrogens (tertiary/aromatic N) is 2. The van der Waals surface area contributed by atoms with Gasteiger partial charge in [0.05, 0.1) is 13.2 Å². The lowest BCUT2D eigenvalue weighted by molar-refractivity contribution is -0.112. The monoisotopic (exact) mass is 448 g/mol. The largest absolute Gasteiger partial charge is 0.395 e. The van der Waals surface area contributed by atoms with Crippen molar-refractivity contribution in [3.63, 3.8) is 0 Å². The summed E-state index contributed by atoms with van der Waals surface area (Å²) in [5.41, 5.74) is 5.92. The lowest BCUT2D eigenvalue weighted by atomic mass is 9.87. The third-order valence-corrected chi connectivity index (χ3v) is 6.18. The summed E-state index contributed by atoms with van der Waals surface area (Å²) in [5, 5.41) is 18.5. The van der Waals surface area contributed by atoms with Crippen LogP contribution in [0.1, 0.15) is 44.2 Å². The summed E-state index contributed by atoms with van der Waals surface area (Å²) >= 11 is 0. The summed E-state index contributed by atoms with van der Waals surface area (Å²) in [6, 6.07) is 16.4. The van der Waals surface area contributed by atoms with E-state index in [1.165, 1.54) is 0 Å². The molecule has 0 spiro atoms. The van der Waals surface area contributed by atoms with Gasteiger partial charge < -0.3 is 20.0 Å². The first-order valence-electron chi connectivity index (χ1n) is 12.0. The van der Waals surface area contributed by atoms with Crippen molar-refractivity contribution in [1.29, 1.82) is 0 Å². The van der Waals surface area contributed by atoms with Crippen molar-refractivity contribution < 1.29 is 15.0 Å². The summed E-state index contributed by atoms with van der Waals surface area (Å²) in [5.74, 6) is 0.139. The number of aliphatic hydroxyl groups excluding tert-OH is 2. The van der Waals surface area contributed by atoms with Gasteiger partial charge in [-0.1, -0.05) is 24.3 Å². The van der Waals surface area contributed by atoms with Crippen LogP contribution in [-0.4, -0.2) is 55.4 Å². The van der Waals surface area contributed by atoms with Crippen LogP contribution in [0.3, 0.4) is 0 Å². The molecule has 0 aromatic heterocycles. The molecule has 0 bridgehead atoms. The molecule has 0 heterocycles. The van der Waals surface area contributed by atoms with E-state index in [9.17, 15) is 15.0 Å². The molecule has 5 heteroatoms. The summed E-state index contributed by atoms with van der Waals surface area (Å²) < 4.78 is 0. The molecule has 0 saturated heterocycles. The minimum absolute atomic E-state index is 0.130. The zero-order valence-electron chi connectivity index (χ0n) is 19.8. The first-order chi connectivity index (χ1) is 16.1. The molecule has 2 aromatic rings. The molecule has 0 unspecified atom stereocenters. The van der Waals surface area contributed by atoms with Gasteiger partial charge in [-0.25, -0.2) is 0 Å². The Kier molecular flexibility index (Phi) is 9.28. The van der Waals surface area contributed by atoms with E-state index in [1.807, 2.05) is 60.7 Å². The normalized spacial score (nSPS) is 16.4. The molecule has 2 aromatic carbocycles. The second kappa shape index (κ2) is 12.4. The van der Waals surface area contributed by atoms with Crippen LogP contribution in [0.4, 0.5) is 11.4 Å². The lowest BCUT2D eigenvalue weighted by Crippen LogP contribution is -2.25. The number of aliphatic hydroxyl groups is 2. The molecule has 176 valence electrons. The Hall–Kier alpha value is -2.89. The zero-order chi connectivity index (χ0) is 23.6. The van der Waals surface area contributed by atoms with Crippen LogP contribution in [0, 0.1) is 0 Å². The third-order valence-electron chi connectivity index (χ3n) is 6.18. The molecule has 0 atom stereocenters. The summed E-state index contributed by atoms with van der Waals surface area (Å²) in [6.07, 6.45) is 6.60. The van der Waals surface area contributed by atoms with E-state index in [2.05, 4.69) is 23.6 Å². The molecule has 5 nitrogen and oxygen atoms in total. The fraction of sp³-hybridized carbons (Fsp3) is 0.393. The van der Waals surface area contributed by atoms with Crippen molar-refractivity contribution in [1.82, 2.24) is 0 Å². The maximum absolute atomic E-state index is 13.1. The van der Waals surface area contributed by atoms with Gasteiger partial charge >= 0.3 is 0 Å². The summed E-state index contributed by atoms with van der Waals surface area (Å²) in [7, 11) is 0. The highest BCUT2D eigenvalue weighted by molar-refractivity contribution is 6.14. The Morgan fingerprint density at radius 2 is 1.12 bits per heavy atom. The van der Waals surface area contributed by atoms with Crippen LogP contribution in [0.15, 0.2) is 59.7 Å². The van der Waals surface area contributed by atoms with Crippen molar-refractivity contribution in [2.75, 3.05) is 49.2 Å². The molecule has 3 rings (SSSR count). The fourth-order valence-corrected chi connectivity index (χ4v) is 4.32. The number of hydrogen-bond acceptors (Lipinski definition) is 5. The van der Waals surface area contributed by atoms with Crippen molar-refractivity contribution in [3.8, 4) is 0 Å². The molecule has 1 aliphatic carbocycles. The smallest absolute Gasteiger partial charge is 0.185 e. The second-order valence-corrected chi connectivity index (χ2v) is 8.31. The van der Waals surface area contributed by atoms with Crippen LogP contribution in [0.2, 0.25) is 0 Å². The molecule has 0 amide bonds. The number of Topliss-reactive ketones (excluding diaryl/α,β-unsaturated/α-hetero) is 1. The van der Waals surface area contributed by atoms with Gasteiger partial charge in [-0.2, -0.15) is 0 Å². The van der Waals surface area contributed by atoms with Crippen LogP contribution in [0.25, 0.3) is 12.2 Å². The zero-order valence-corrected chi connectivity index (χ0v) is 19.8. The number of carbonyl (C=O) groups excluding carboxylic acids is 1. The number of anilines is 2. The minimum atomic E-state index is 0.130. The Morgan fingerprint density at radius 1 is 0.727 bits per heavy atom. The van der Waals surface area contributed by atoms with Crippen molar-refractivity contribution in [2.24, 2.45) is 0 Å². The molecule has 0 aliphatic heterocycles. The first kappa shape index (κ1) is 24.7. The quantitative estimate of drug-likeness (QED) is 0.523. The molecule has 2 N–H and O–H groups in total. The van der Waals surface area contributed by atoms with E-state index in [0.717, 1.165) is 66.0 Å². The highest BCUT2D eigenvalue weighted by Crippen LogP contribution is 2.29. The minimum Gasteiger partial charge on any atom is -0.395 e. The number of ketones is 1. The van der Waals surface area contributed by atoms with Crippen LogP contribution in [-0.2, 0) is 4.79 Å². The third kappa shape index (κ3) is 6.56. The Labute approximate surface area is 197 Å².